The van der Waals surface area contributed by atoms with Gasteiger partial charge in [0.15, 0.2) is 0 Å². The summed E-state index contributed by atoms with van der Waals surface area (Å²) in [5.41, 5.74) is 6.80. The third kappa shape index (κ3) is 4.10. The molecule has 1 aromatic rings. The molecule has 1 unspecified atom stereocenters. The number of aromatic carboxylic acids is 1. The summed E-state index contributed by atoms with van der Waals surface area (Å²) in [5.74, 6) is 0.0480. The van der Waals surface area contributed by atoms with Crippen LogP contribution in [0.2, 0.25) is 0 Å². The molecule has 4 N–H and O–H groups in total. The number of thioether (sulfide) groups is 1. The number of carbonyl (C=O) groups is 1. The molecular formula is C12H17BrN2O2S. The van der Waals surface area contributed by atoms with E-state index >= 15 is 0 Å². The normalized spacial score (nSPS) is 12.2. The molecule has 0 aromatic heterocycles. The van der Waals surface area contributed by atoms with Crippen LogP contribution >= 0.6 is 27.7 Å². The van der Waals surface area contributed by atoms with Crippen LogP contribution in [0.5, 0.6) is 0 Å². The average Bonchev–Trinajstić information content (AvgIpc) is 2.29. The fourth-order valence-electron chi connectivity index (χ4n) is 1.52. The van der Waals surface area contributed by atoms with Crippen LogP contribution in [0.15, 0.2) is 16.6 Å². The van der Waals surface area contributed by atoms with Crippen LogP contribution in [-0.4, -0.2) is 29.1 Å². The molecule has 1 atom stereocenters. The first-order chi connectivity index (χ1) is 8.45. The Morgan fingerprint density at radius 3 is 2.83 bits per heavy atom. The van der Waals surface area contributed by atoms with E-state index in [-0.39, 0.29) is 17.3 Å². The molecule has 0 heterocycles. The number of hydrogen-bond acceptors (Lipinski definition) is 4. The second kappa shape index (κ2) is 6.89. The van der Waals surface area contributed by atoms with E-state index in [0.717, 1.165) is 22.3 Å². The number of rotatable bonds is 6. The number of nitrogens with two attached hydrogens (primary N) is 1. The highest BCUT2D eigenvalue weighted by atomic mass is 79.9. The summed E-state index contributed by atoms with van der Waals surface area (Å²) >= 11 is 5.18. The molecule has 100 valence electrons. The van der Waals surface area contributed by atoms with Crippen LogP contribution in [-0.2, 0) is 0 Å². The van der Waals surface area contributed by atoms with E-state index in [2.05, 4.69) is 34.4 Å². The quantitative estimate of drug-likeness (QED) is 0.697. The number of nitrogens with one attached hydrogen (secondary N) is 1. The lowest BCUT2D eigenvalue weighted by Gasteiger charge is -2.17. The van der Waals surface area contributed by atoms with Gasteiger partial charge in [-0.1, -0.05) is 0 Å². The van der Waals surface area contributed by atoms with Gasteiger partial charge in [-0.3, -0.25) is 0 Å². The molecule has 0 spiro atoms. The number of halogens is 1. The van der Waals surface area contributed by atoms with Crippen LogP contribution in [0.3, 0.4) is 0 Å². The topological polar surface area (TPSA) is 75.3 Å². The lowest BCUT2D eigenvalue weighted by Crippen LogP contribution is -2.17. The minimum atomic E-state index is -1.01. The lowest BCUT2D eigenvalue weighted by molar-refractivity contribution is 0.0698. The third-order valence-electron chi connectivity index (χ3n) is 2.53. The summed E-state index contributed by atoms with van der Waals surface area (Å²) in [5, 5.41) is 12.3. The Balaban J connectivity index is 2.88. The third-order valence-corrected chi connectivity index (χ3v) is 3.83. The van der Waals surface area contributed by atoms with E-state index in [0.29, 0.717) is 0 Å². The summed E-state index contributed by atoms with van der Waals surface area (Å²) in [6, 6.07) is 3.46. The first kappa shape index (κ1) is 15.2. The van der Waals surface area contributed by atoms with Gasteiger partial charge in [-0.15, -0.1) is 0 Å². The van der Waals surface area contributed by atoms with Gasteiger partial charge in [0.25, 0.3) is 0 Å². The van der Waals surface area contributed by atoms with E-state index in [9.17, 15) is 4.79 Å². The smallest absolute Gasteiger partial charge is 0.337 e. The Kier molecular flexibility index (Phi) is 5.81. The molecule has 0 fully saturated rings. The summed E-state index contributed by atoms with van der Waals surface area (Å²) in [6.07, 6.45) is 3.08. The first-order valence-corrected chi connectivity index (χ1v) is 7.72. The van der Waals surface area contributed by atoms with Crippen molar-refractivity contribution in [1.82, 2.24) is 0 Å². The van der Waals surface area contributed by atoms with Crippen LogP contribution in [0.1, 0.15) is 23.7 Å². The van der Waals surface area contributed by atoms with Crippen molar-refractivity contribution in [3.8, 4) is 0 Å². The van der Waals surface area contributed by atoms with Gasteiger partial charge >= 0.3 is 5.97 Å². The predicted octanol–water partition coefficient (Wildman–Crippen LogP) is 3.28. The Morgan fingerprint density at radius 1 is 1.61 bits per heavy atom. The predicted molar refractivity (Wildman–Crippen MR) is 81.6 cm³/mol. The summed E-state index contributed by atoms with van der Waals surface area (Å²) in [7, 11) is 0. The molecule has 0 saturated carbocycles. The van der Waals surface area contributed by atoms with Crippen molar-refractivity contribution in [3.63, 3.8) is 0 Å². The number of nitrogen functional groups attached to an aromatic ring is 1. The van der Waals surface area contributed by atoms with Gasteiger partial charge in [0, 0.05) is 21.9 Å². The molecular weight excluding hydrogens is 316 g/mol. The average molecular weight is 333 g/mol. The standard InChI is InChI=1S/C12H17BrN2O2S/c1-7(3-4-18-2)15-11-5-8(12(16)17)10(14)6-9(11)13/h5-7,15H,3-4,14H2,1-2H3,(H,16,17). The number of carboxylic acid groups (broad SMARTS) is 1. The number of anilines is 2. The molecule has 0 amide bonds. The zero-order valence-corrected chi connectivity index (χ0v) is 12.8. The fraction of sp³-hybridized carbons (Fsp3) is 0.417. The first-order valence-electron chi connectivity index (χ1n) is 5.53. The highest BCUT2D eigenvalue weighted by Gasteiger charge is 2.13. The van der Waals surface area contributed by atoms with Gasteiger partial charge in [-0.05, 0) is 53.4 Å². The highest BCUT2D eigenvalue weighted by Crippen LogP contribution is 2.29. The summed E-state index contributed by atoms with van der Waals surface area (Å²) in [6.45, 7) is 2.07. The second-order valence-corrected chi connectivity index (χ2v) is 5.89. The molecule has 6 heteroatoms. The van der Waals surface area contributed by atoms with Crippen molar-refractivity contribution in [2.45, 2.75) is 19.4 Å². The monoisotopic (exact) mass is 332 g/mol. The van der Waals surface area contributed by atoms with Crippen molar-refractivity contribution < 1.29 is 9.90 Å². The van der Waals surface area contributed by atoms with Gasteiger partial charge in [0.1, 0.15) is 0 Å². The van der Waals surface area contributed by atoms with Gasteiger partial charge in [0.2, 0.25) is 0 Å². The summed E-state index contributed by atoms with van der Waals surface area (Å²) < 4.78 is 0.779. The zero-order valence-electron chi connectivity index (χ0n) is 10.4. The molecule has 0 bridgehead atoms. The van der Waals surface area contributed by atoms with Gasteiger partial charge in [0.05, 0.1) is 5.56 Å². The maximum absolute atomic E-state index is 11.0. The van der Waals surface area contributed by atoms with E-state index in [4.69, 9.17) is 10.8 Å². The second-order valence-electron chi connectivity index (χ2n) is 4.05. The van der Waals surface area contributed by atoms with Gasteiger partial charge in [-0.2, -0.15) is 11.8 Å². The molecule has 1 rings (SSSR count). The molecule has 18 heavy (non-hydrogen) atoms. The lowest BCUT2D eigenvalue weighted by atomic mass is 10.1. The Morgan fingerprint density at radius 2 is 2.28 bits per heavy atom. The van der Waals surface area contributed by atoms with Crippen LogP contribution < -0.4 is 11.1 Å². The van der Waals surface area contributed by atoms with Crippen molar-refractivity contribution >= 4 is 45.0 Å². The molecule has 4 nitrogen and oxygen atoms in total. The van der Waals surface area contributed by atoms with Gasteiger partial charge < -0.3 is 16.2 Å². The Hall–Kier alpha value is -0.880. The molecule has 0 aliphatic carbocycles. The van der Waals surface area contributed by atoms with Crippen LogP contribution in [0.4, 0.5) is 11.4 Å². The van der Waals surface area contributed by atoms with E-state index in [1.165, 1.54) is 0 Å². The van der Waals surface area contributed by atoms with Crippen molar-refractivity contribution in [2.24, 2.45) is 0 Å². The highest BCUT2D eigenvalue weighted by molar-refractivity contribution is 9.10. The maximum Gasteiger partial charge on any atom is 0.337 e. The Labute approximate surface area is 119 Å². The van der Waals surface area contributed by atoms with Crippen LogP contribution in [0.25, 0.3) is 0 Å². The molecule has 0 aliphatic rings. The Bertz CT molecular complexity index is 440. The summed E-state index contributed by atoms with van der Waals surface area (Å²) in [4.78, 5) is 11.0. The maximum atomic E-state index is 11.0. The molecule has 0 aliphatic heterocycles. The van der Waals surface area contributed by atoms with Crippen molar-refractivity contribution in [3.05, 3.63) is 22.2 Å². The number of carboxylic acids is 1. The molecule has 0 saturated heterocycles. The van der Waals surface area contributed by atoms with Crippen molar-refractivity contribution in [2.75, 3.05) is 23.1 Å². The number of benzene rings is 1. The SMILES string of the molecule is CSCCC(C)Nc1cc(C(=O)O)c(N)cc1Br. The largest absolute Gasteiger partial charge is 0.478 e. The fourth-order valence-corrected chi connectivity index (χ4v) is 2.58. The van der Waals surface area contributed by atoms with E-state index < -0.39 is 5.97 Å². The van der Waals surface area contributed by atoms with Crippen molar-refractivity contribution in [1.29, 1.82) is 0 Å². The minimum Gasteiger partial charge on any atom is -0.478 e. The molecule has 1 aromatic carbocycles. The zero-order chi connectivity index (χ0) is 13.7. The van der Waals surface area contributed by atoms with Gasteiger partial charge in [-0.25, -0.2) is 4.79 Å². The van der Waals surface area contributed by atoms with E-state index in [1.54, 1.807) is 23.9 Å². The minimum absolute atomic E-state index is 0.123. The molecule has 0 radical (unpaired) electrons. The van der Waals surface area contributed by atoms with Crippen LogP contribution in [0, 0.1) is 0 Å². The number of hydrogen-bond donors (Lipinski definition) is 3. The van der Waals surface area contributed by atoms with E-state index in [1.807, 2.05) is 0 Å².